The lowest BCUT2D eigenvalue weighted by atomic mass is 9.95. The van der Waals surface area contributed by atoms with Gasteiger partial charge in [-0.15, -0.1) is 0 Å². The molecule has 1 saturated heterocycles. The molecule has 0 radical (unpaired) electrons. The first-order valence-corrected chi connectivity index (χ1v) is 6.47. The van der Waals surface area contributed by atoms with E-state index < -0.39 is 17.6 Å². The van der Waals surface area contributed by atoms with Crippen molar-refractivity contribution in [2.24, 2.45) is 5.92 Å². The summed E-state index contributed by atoms with van der Waals surface area (Å²) in [5, 5.41) is 6.42. The number of hydrogen-bond acceptors (Lipinski definition) is 2. The number of rotatable bonds is 2. The van der Waals surface area contributed by atoms with Gasteiger partial charge in [-0.1, -0.05) is 6.07 Å². The number of nitrogens with one attached hydrogen (secondary N) is 2. The minimum Gasteiger partial charge on any atom is -0.390 e. The fourth-order valence-electron chi connectivity index (χ4n) is 2.83. The van der Waals surface area contributed by atoms with E-state index in [1.165, 1.54) is 11.6 Å². The van der Waals surface area contributed by atoms with Crippen LogP contribution in [0.4, 0.5) is 17.6 Å². The van der Waals surface area contributed by atoms with Crippen LogP contribution in [0.3, 0.4) is 0 Å². The Balaban J connectivity index is 1.78. The van der Waals surface area contributed by atoms with E-state index in [0.29, 0.717) is 24.0 Å². The highest BCUT2D eigenvalue weighted by Gasteiger charge is 2.34. The molecule has 3 rings (SSSR count). The molecule has 2 heterocycles. The van der Waals surface area contributed by atoms with E-state index in [1.807, 2.05) is 6.20 Å². The Morgan fingerprint density at radius 2 is 2.00 bits per heavy atom. The quantitative estimate of drug-likeness (QED) is 0.816. The molecule has 2 N–H and O–H groups in total. The number of hydrogen-bond donors (Lipinski definition) is 2. The monoisotopic (exact) mass is 286 g/mol. The molecule has 2 atom stereocenters. The molecule has 1 fully saturated rings. The summed E-state index contributed by atoms with van der Waals surface area (Å²) in [7, 11) is 0. The highest BCUT2D eigenvalue weighted by atomic mass is 19.4. The lowest BCUT2D eigenvalue weighted by molar-refractivity contribution is -0.137. The third kappa shape index (κ3) is 2.40. The molecule has 2 aliphatic rings. The topological polar surface area (TPSA) is 24.1 Å². The molecule has 0 spiro atoms. The van der Waals surface area contributed by atoms with Crippen molar-refractivity contribution in [3.8, 4) is 0 Å². The second kappa shape index (κ2) is 4.77. The van der Waals surface area contributed by atoms with Crippen LogP contribution in [0.2, 0.25) is 0 Å². The van der Waals surface area contributed by atoms with Gasteiger partial charge in [0, 0.05) is 25.0 Å². The van der Waals surface area contributed by atoms with E-state index in [1.54, 1.807) is 0 Å². The van der Waals surface area contributed by atoms with Gasteiger partial charge in [-0.2, -0.15) is 13.2 Å². The maximum Gasteiger partial charge on any atom is 0.416 e. The van der Waals surface area contributed by atoms with Crippen LogP contribution in [0.5, 0.6) is 0 Å². The van der Waals surface area contributed by atoms with Crippen LogP contribution in [0, 0.1) is 11.7 Å². The predicted molar refractivity (Wildman–Crippen MR) is 66.5 cm³/mol. The van der Waals surface area contributed by atoms with Gasteiger partial charge in [0.25, 0.3) is 0 Å². The zero-order valence-electron chi connectivity index (χ0n) is 10.6. The summed E-state index contributed by atoms with van der Waals surface area (Å²) in [5.74, 6) is -0.380. The standard InChI is InChI=1S/C14H14F4N2/c15-12-4-10(14(16,17)18)2-1-8(12)3-13-11-7-19-5-9(11)6-20-13/h1-2,4,7,9,13,19-20H,3,5-6H2. The minimum atomic E-state index is -4.51. The summed E-state index contributed by atoms with van der Waals surface area (Å²) in [4.78, 5) is 0. The SMILES string of the molecule is Fc1cc(C(F)(F)F)ccc1CC1NCC2CNC=C21. The Labute approximate surface area is 113 Å². The van der Waals surface area contributed by atoms with Gasteiger partial charge in [0.2, 0.25) is 0 Å². The summed E-state index contributed by atoms with van der Waals surface area (Å²) in [5.41, 5.74) is 0.547. The van der Waals surface area contributed by atoms with Gasteiger partial charge in [-0.3, -0.25) is 0 Å². The van der Waals surface area contributed by atoms with Gasteiger partial charge in [-0.05, 0) is 35.9 Å². The van der Waals surface area contributed by atoms with E-state index in [-0.39, 0.29) is 6.04 Å². The lowest BCUT2D eigenvalue weighted by Gasteiger charge is -2.14. The molecular formula is C14H14F4N2. The molecule has 20 heavy (non-hydrogen) atoms. The van der Waals surface area contributed by atoms with Crippen molar-refractivity contribution in [2.45, 2.75) is 18.6 Å². The first-order valence-electron chi connectivity index (χ1n) is 6.47. The van der Waals surface area contributed by atoms with Gasteiger partial charge in [0.1, 0.15) is 5.82 Å². The van der Waals surface area contributed by atoms with Crippen LogP contribution in [0.15, 0.2) is 30.0 Å². The van der Waals surface area contributed by atoms with Crippen LogP contribution in [-0.2, 0) is 12.6 Å². The smallest absolute Gasteiger partial charge is 0.390 e. The van der Waals surface area contributed by atoms with Crippen LogP contribution < -0.4 is 10.6 Å². The number of halogens is 4. The van der Waals surface area contributed by atoms with Gasteiger partial charge in [0.15, 0.2) is 0 Å². The molecule has 6 heteroatoms. The Hall–Kier alpha value is -1.56. The highest BCUT2D eigenvalue weighted by molar-refractivity contribution is 5.31. The molecular weight excluding hydrogens is 272 g/mol. The highest BCUT2D eigenvalue weighted by Crippen LogP contribution is 2.31. The Morgan fingerprint density at radius 1 is 1.20 bits per heavy atom. The fraction of sp³-hybridized carbons (Fsp3) is 0.429. The third-order valence-electron chi connectivity index (χ3n) is 3.92. The second-order valence-corrected chi connectivity index (χ2v) is 5.22. The molecule has 2 unspecified atom stereocenters. The fourth-order valence-corrected chi connectivity index (χ4v) is 2.83. The molecule has 2 aliphatic heterocycles. The van der Waals surface area contributed by atoms with Crippen molar-refractivity contribution in [2.75, 3.05) is 13.1 Å². The van der Waals surface area contributed by atoms with E-state index in [2.05, 4.69) is 10.6 Å². The molecule has 0 aromatic heterocycles. The van der Waals surface area contributed by atoms with E-state index in [0.717, 1.165) is 19.2 Å². The van der Waals surface area contributed by atoms with Gasteiger partial charge in [-0.25, -0.2) is 4.39 Å². The average Bonchev–Trinajstić information content (AvgIpc) is 2.95. The Bertz CT molecular complexity index is 551. The van der Waals surface area contributed by atoms with E-state index in [4.69, 9.17) is 0 Å². The lowest BCUT2D eigenvalue weighted by Crippen LogP contribution is -2.26. The van der Waals surface area contributed by atoms with Crippen molar-refractivity contribution in [3.63, 3.8) is 0 Å². The van der Waals surface area contributed by atoms with E-state index in [9.17, 15) is 17.6 Å². The minimum absolute atomic E-state index is 0.00115. The molecule has 108 valence electrons. The first-order chi connectivity index (χ1) is 9.45. The van der Waals surface area contributed by atoms with E-state index >= 15 is 0 Å². The van der Waals surface area contributed by atoms with Crippen molar-refractivity contribution >= 4 is 0 Å². The zero-order valence-corrected chi connectivity index (χ0v) is 10.6. The second-order valence-electron chi connectivity index (χ2n) is 5.22. The molecule has 0 saturated carbocycles. The van der Waals surface area contributed by atoms with Gasteiger partial charge >= 0.3 is 6.18 Å². The van der Waals surface area contributed by atoms with Crippen LogP contribution >= 0.6 is 0 Å². The molecule has 2 nitrogen and oxygen atoms in total. The van der Waals surface area contributed by atoms with Crippen LogP contribution in [0.1, 0.15) is 11.1 Å². The average molecular weight is 286 g/mol. The largest absolute Gasteiger partial charge is 0.416 e. The summed E-state index contributed by atoms with van der Waals surface area (Å²) in [6.45, 7) is 1.69. The maximum atomic E-state index is 13.8. The van der Waals surface area contributed by atoms with Crippen molar-refractivity contribution in [1.82, 2.24) is 10.6 Å². The third-order valence-corrected chi connectivity index (χ3v) is 3.92. The molecule has 0 amide bonds. The summed E-state index contributed by atoms with van der Waals surface area (Å²) in [6.07, 6.45) is -2.21. The number of alkyl halides is 3. The summed E-state index contributed by atoms with van der Waals surface area (Å²) in [6, 6.07) is 2.74. The van der Waals surface area contributed by atoms with Crippen molar-refractivity contribution < 1.29 is 17.6 Å². The Morgan fingerprint density at radius 3 is 2.70 bits per heavy atom. The molecule has 1 aromatic rings. The zero-order chi connectivity index (χ0) is 14.3. The Kier molecular flexibility index (Phi) is 3.20. The normalized spacial score (nSPS) is 25.3. The molecule has 0 bridgehead atoms. The summed E-state index contributed by atoms with van der Waals surface area (Å²) < 4.78 is 51.3. The van der Waals surface area contributed by atoms with Gasteiger partial charge in [0.05, 0.1) is 5.56 Å². The van der Waals surface area contributed by atoms with Crippen molar-refractivity contribution in [1.29, 1.82) is 0 Å². The van der Waals surface area contributed by atoms with Gasteiger partial charge < -0.3 is 10.6 Å². The summed E-state index contributed by atoms with van der Waals surface area (Å²) >= 11 is 0. The molecule has 1 aromatic carbocycles. The first kappa shape index (κ1) is 13.4. The maximum absolute atomic E-state index is 13.8. The number of fused-ring (bicyclic) bond motifs is 1. The van der Waals surface area contributed by atoms with Crippen molar-refractivity contribution in [3.05, 3.63) is 46.9 Å². The van der Waals surface area contributed by atoms with Crippen LogP contribution in [0.25, 0.3) is 0 Å². The number of benzene rings is 1. The van der Waals surface area contributed by atoms with Crippen LogP contribution in [-0.4, -0.2) is 19.1 Å². The molecule has 0 aliphatic carbocycles. The predicted octanol–water partition coefficient (Wildman–Crippen LogP) is 2.46.